The lowest BCUT2D eigenvalue weighted by Crippen LogP contribution is -2.53. The van der Waals surface area contributed by atoms with Crippen LogP contribution >= 0.6 is 15.9 Å². The summed E-state index contributed by atoms with van der Waals surface area (Å²) >= 11 is 3.31. The van der Waals surface area contributed by atoms with E-state index in [-0.39, 0.29) is 13.2 Å². The van der Waals surface area contributed by atoms with Gasteiger partial charge in [-0.15, -0.1) is 0 Å². The minimum atomic E-state index is -1.09. The summed E-state index contributed by atoms with van der Waals surface area (Å²) in [6, 6.07) is 3.68. The molecule has 0 aliphatic carbocycles. The van der Waals surface area contributed by atoms with Crippen molar-refractivity contribution < 1.29 is 24.2 Å². The molecule has 0 saturated carbocycles. The van der Waals surface area contributed by atoms with Crippen LogP contribution in [0.3, 0.4) is 0 Å². The number of morpholine rings is 1. The lowest BCUT2D eigenvalue weighted by molar-refractivity contribution is -0.147. The summed E-state index contributed by atoms with van der Waals surface area (Å²) in [6.07, 6.45) is 0. The van der Waals surface area contributed by atoms with Crippen molar-refractivity contribution in [3.8, 4) is 5.75 Å². The van der Waals surface area contributed by atoms with Crippen LogP contribution < -0.4 is 10.1 Å². The number of benzene rings is 1. The molecule has 114 valence electrons. The quantitative estimate of drug-likeness (QED) is 0.859. The molecule has 0 aromatic heterocycles. The van der Waals surface area contributed by atoms with E-state index in [1.54, 1.807) is 18.2 Å². The molecule has 1 aliphatic rings. The summed E-state index contributed by atoms with van der Waals surface area (Å²) in [5.74, 6) is -0.599. The molecular weight excluding hydrogens is 344 g/mol. The van der Waals surface area contributed by atoms with Gasteiger partial charge in [-0.05, 0) is 18.2 Å². The van der Waals surface area contributed by atoms with Crippen LogP contribution in [0.1, 0.15) is 0 Å². The third-order valence-corrected chi connectivity index (χ3v) is 3.57. The number of nitrogens with one attached hydrogen (secondary N) is 1. The number of carboxylic acids is 1. The molecule has 8 heteroatoms. The molecule has 1 saturated heterocycles. The van der Waals surface area contributed by atoms with Crippen molar-refractivity contribution in [1.82, 2.24) is 4.90 Å². The third-order valence-electron chi connectivity index (χ3n) is 3.08. The van der Waals surface area contributed by atoms with E-state index >= 15 is 0 Å². The van der Waals surface area contributed by atoms with Crippen LogP contribution in [0, 0.1) is 0 Å². The van der Waals surface area contributed by atoms with Gasteiger partial charge < -0.3 is 24.8 Å². The number of aliphatic carboxylic acids is 1. The summed E-state index contributed by atoms with van der Waals surface area (Å²) in [5, 5.41) is 11.8. The number of anilines is 1. The number of nitrogens with zero attached hydrogens (tertiary/aromatic N) is 1. The van der Waals surface area contributed by atoms with Gasteiger partial charge in [0.1, 0.15) is 5.75 Å². The van der Waals surface area contributed by atoms with Crippen molar-refractivity contribution in [3.63, 3.8) is 0 Å². The van der Waals surface area contributed by atoms with Crippen LogP contribution in [0.5, 0.6) is 5.75 Å². The summed E-state index contributed by atoms with van der Waals surface area (Å²) in [6.45, 7) is 0.518. The second-order valence-electron chi connectivity index (χ2n) is 4.40. The Morgan fingerprint density at radius 1 is 1.52 bits per heavy atom. The Morgan fingerprint density at radius 2 is 2.29 bits per heavy atom. The van der Waals surface area contributed by atoms with Crippen molar-refractivity contribution in [2.45, 2.75) is 6.04 Å². The predicted octanol–water partition coefficient (Wildman–Crippen LogP) is 1.77. The molecule has 1 aromatic carbocycles. The van der Waals surface area contributed by atoms with Gasteiger partial charge in [-0.3, -0.25) is 0 Å². The maximum Gasteiger partial charge on any atom is 0.328 e. The first kappa shape index (κ1) is 15.6. The Labute approximate surface area is 130 Å². The number of carbonyl (C=O) groups is 2. The average molecular weight is 359 g/mol. The van der Waals surface area contributed by atoms with Gasteiger partial charge >= 0.3 is 12.0 Å². The summed E-state index contributed by atoms with van der Waals surface area (Å²) in [7, 11) is 1.49. The predicted molar refractivity (Wildman–Crippen MR) is 78.7 cm³/mol. The second kappa shape index (κ2) is 6.77. The average Bonchev–Trinajstić information content (AvgIpc) is 2.47. The molecule has 21 heavy (non-hydrogen) atoms. The Hall–Kier alpha value is -1.80. The molecule has 7 nitrogen and oxygen atoms in total. The van der Waals surface area contributed by atoms with Gasteiger partial charge in [-0.25, -0.2) is 9.59 Å². The number of hydrogen-bond acceptors (Lipinski definition) is 4. The first-order valence-electron chi connectivity index (χ1n) is 6.24. The monoisotopic (exact) mass is 358 g/mol. The highest BCUT2D eigenvalue weighted by Crippen LogP contribution is 2.28. The van der Waals surface area contributed by atoms with Crippen LogP contribution in [0.15, 0.2) is 22.7 Å². The number of urea groups is 1. The van der Waals surface area contributed by atoms with Crippen molar-refractivity contribution in [1.29, 1.82) is 0 Å². The first-order valence-corrected chi connectivity index (χ1v) is 7.04. The van der Waals surface area contributed by atoms with Crippen LogP contribution in [0.25, 0.3) is 0 Å². The van der Waals surface area contributed by atoms with E-state index in [9.17, 15) is 9.59 Å². The molecule has 2 N–H and O–H groups in total. The smallest absolute Gasteiger partial charge is 0.328 e. The Bertz CT molecular complexity index is 551. The van der Waals surface area contributed by atoms with Gasteiger partial charge in [0.15, 0.2) is 6.04 Å². The summed E-state index contributed by atoms with van der Waals surface area (Å²) in [4.78, 5) is 24.7. The number of hydrogen-bond donors (Lipinski definition) is 2. The van der Waals surface area contributed by atoms with Crippen molar-refractivity contribution in [3.05, 3.63) is 22.7 Å². The molecule has 0 radical (unpaired) electrons. The lowest BCUT2D eigenvalue weighted by atomic mass is 10.2. The molecule has 1 unspecified atom stereocenters. The normalized spacial score (nSPS) is 18.2. The molecule has 0 spiro atoms. The minimum absolute atomic E-state index is 0.0155. The summed E-state index contributed by atoms with van der Waals surface area (Å²) < 4.78 is 11.0. The van der Waals surface area contributed by atoms with Gasteiger partial charge in [0.2, 0.25) is 0 Å². The van der Waals surface area contributed by atoms with Crippen LogP contribution in [-0.2, 0) is 9.53 Å². The number of carboxylic acid groups (broad SMARTS) is 1. The molecule has 1 fully saturated rings. The van der Waals surface area contributed by atoms with E-state index < -0.39 is 18.0 Å². The number of ether oxygens (including phenoxy) is 2. The van der Waals surface area contributed by atoms with E-state index in [2.05, 4.69) is 21.2 Å². The molecule has 0 bridgehead atoms. The molecule has 1 aromatic rings. The number of halogens is 1. The van der Waals surface area contributed by atoms with Crippen LogP contribution in [0.4, 0.5) is 10.5 Å². The lowest BCUT2D eigenvalue weighted by Gasteiger charge is -2.32. The Kier molecular flexibility index (Phi) is 5.03. The Morgan fingerprint density at radius 3 is 2.95 bits per heavy atom. The zero-order chi connectivity index (χ0) is 15.4. The Balaban J connectivity index is 2.16. The van der Waals surface area contributed by atoms with Crippen molar-refractivity contribution in [2.75, 3.05) is 32.2 Å². The SMILES string of the molecule is COc1ccc(Br)cc1NC(=O)N1CCOCC1C(=O)O. The van der Waals surface area contributed by atoms with Gasteiger partial charge in [-0.1, -0.05) is 15.9 Å². The maximum atomic E-state index is 12.3. The van der Waals surface area contributed by atoms with Gasteiger partial charge in [0, 0.05) is 11.0 Å². The topological polar surface area (TPSA) is 88.1 Å². The summed E-state index contributed by atoms with van der Waals surface area (Å²) in [5.41, 5.74) is 0.465. The number of amides is 2. The fraction of sp³-hybridized carbons (Fsp3) is 0.385. The highest BCUT2D eigenvalue weighted by atomic mass is 79.9. The number of carbonyl (C=O) groups excluding carboxylic acids is 1. The zero-order valence-electron chi connectivity index (χ0n) is 11.3. The van der Waals surface area contributed by atoms with Gasteiger partial charge in [0.05, 0.1) is 26.0 Å². The fourth-order valence-electron chi connectivity index (χ4n) is 2.02. The van der Waals surface area contributed by atoms with E-state index in [4.69, 9.17) is 14.6 Å². The van der Waals surface area contributed by atoms with E-state index in [0.717, 1.165) is 4.47 Å². The molecule has 1 heterocycles. The largest absolute Gasteiger partial charge is 0.495 e. The van der Waals surface area contributed by atoms with Crippen molar-refractivity contribution >= 4 is 33.6 Å². The maximum absolute atomic E-state index is 12.3. The molecule has 2 rings (SSSR count). The standard InChI is InChI=1S/C13H15BrN2O5/c1-20-11-3-2-8(14)6-9(11)15-13(19)16-4-5-21-7-10(16)12(17)18/h2-3,6,10H,4-5,7H2,1H3,(H,15,19)(H,17,18). The molecule has 1 aliphatic heterocycles. The first-order chi connectivity index (χ1) is 10.0. The number of rotatable bonds is 3. The highest BCUT2D eigenvalue weighted by molar-refractivity contribution is 9.10. The molecular formula is C13H15BrN2O5. The minimum Gasteiger partial charge on any atom is -0.495 e. The van der Waals surface area contributed by atoms with E-state index in [0.29, 0.717) is 18.0 Å². The fourth-order valence-corrected chi connectivity index (χ4v) is 2.38. The molecule has 2 amide bonds. The van der Waals surface area contributed by atoms with E-state index in [1.807, 2.05) is 0 Å². The van der Waals surface area contributed by atoms with Crippen LogP contribution in [0.2, 0.25) is 0 Å². The second-order valence-corrected chi connectivity index (χ2v) is 5.31. The zero-order valence-corrected chi connectivity index (χ0v) is 12.9. The highest BCUT2D eigenvalue weighted by Gasteiger charge is 2.33. The van der Waals surface area contributed by atoms with E-state index in [1.165, 1.54) is 12.0 Å². The van der Waals surface area contributed by atoms with Gasteiger partial charge in [-0.2, -0.15) is 0 Å². The van der Waals surface area contributed by atoms with Crippen LogP contribution in [-0.4, -0.2) is 54.9 Å². The number of methoxy groups -OCH3 is 1. The van der Waals surface area contributed by atoms with Gasteiger partial charge in [0.25, 0.3) is 0 Å². The molecule has 1 atom stereocenters. The third kappa shape index (κ3) is 3.64. The van der Waals surface area contributed by atoms with Crippen molar-refractivity contribution in [2.24, 2.45) is 0 Å².